The third-order valence-corrected chi connectivity index (χ3v) is 3.00. The maximum absolute atomic E-state index is 12.0. The molecule has 0 radical (unpaired) electrons. The van der Waals surface area contributed by atoms with Gasteiger partial charge in [0.2, 0.25) is 5.88 Å². The molecule has 0 spiro atoms. The number of hydrogen-bond acceptors (Lipinski definition) is 3. The van der Waals surface area contributed by atoms with Gasteiger partial charge in [-0.15, -0.1) is 5.10 Å². The smallest absolute Gasteiger partial charge is 0.258 e. The first kappa shape index (κ1) is 14.1. The van der Waals surface area contributed by atoms with Crippen molar-refractivity contribution in [3.63, 3.8) is 0 Å². The number of aromatic nitrogens is 2. The molecule has 2 aromatic rings. The fraction of sp³-hybridized carbons (Fsp3) is 0.333. The fourth-order valence-corrected chi connectivity index (χ4v) is 2.01. The van der Waals surface area contributed by atoms with Crippen molar-refractivity contribution in [1.82, 2.24) is 15.1 Å². The zero-order valence-corrected chi connectivity index (χ0v) is 11.8. The van der Waals surface area contributed by atoms with Crippen LogP contribution in [0.2, 0.25) is 0 Å². The van der Waals surface area contributed by atoms with E-state index in [-0.39, 0.29) is 5.91 Å². The minimum atomic E-state index is -0.150. The Balaban J connectivity index is 1.80. The number of nitrogens with one attached hydrogen (secondary N) is 1. The number of ether oxygens (including phenoxy) is 1. The number of nitrogens with zero attached hydrogens (tertiary/aromatic N) is 2. The van der Waals surface area contributed by atoms with Gasteiger partial charge in [0.1, 0.15) is 5.56 Å². The average molecular weight is 273 g/mol. The van der Waals surface area contributed by atoms with Gasteiger partial charge in [-0.25, -0.2) is 0 Å². The summed E-state index contributed by atoms with van der Waals surface area (Å²) in [6.45, 7) is 0.631. The molecule has 20 heavy (non-hydrogen) atoms. The van der Waals surface area contributed by atoms with Crippen LogP contribution in [0.1, 0.15) is 22.3 Å². The van der Waals surface area contributed by atoms with Crippen LogP contribution < -0.4 is 10.1 Å². The van der Waals surface area contributed by atoms with Crippen LogP contribution in [-0.2, 0) is 13.5 Å². The first-order chi connectivity index (χ1) is 9.70. The number of methoxy groups -OCH3 is 1. The Labute approximate surface area is 118 Å². The van der Waals surface area contributed by atoms with Crippen molar-refractivity contribution in [1.29, 1.82) is 0 Å². The van der Waals surface area contributed by atoms with E-state index >= 15 is 0 Å². The van der Waals surface area contributed by atoms with Crippen molar-refractivity contribution in [2.45, 2.75) is 12.8 Å². The summed E-state index contributed by atoms with van der Waals surface area (Å²) in [7, 11) is 3.27. The van der Waals surface area contributed by atoms with Crippen LogP contribution in [-0.4, -0.2) is 29.3 Å². The van der Waals surface area contributed by atoms with Gasteiger partial charge in [0.25, 0.3) is 5.91 Å². The van der Waals surface area contributed by atoms with E-state index in [9.17, 15) is 4.79 Å². The standard InChI is InChI=1S/C15H19N3O2/c1-18-11-13(15(17-18)20-2)14(19)16-10-6-9-12-7-4-3-5-8-12/h3-5,7-8,11H,6,9-10H2,1-2H3,(H,16,19). The minimum Gasteiger partial charge on any atom is -0.479 e. The Morgan fingerprint density at radius 1 is 1.35 bits per heavy atom. The Kier molecular flexibility index (Phi) is 4.76. The normalized spacial score (nSPS) is 10.3. The lowest BCUT2D eigenvalue weighted by Gasteiger charge is -2.05. The van der Waals surface area contributed by atoms with E-state index in [1.165, 1.54) is 12.7 Å². The predicted octanol–water partition coefficient (Wildman–Crippen LogP) is 1.79. The zero-order chi connectivity index (χ0) is 14.4. The first-order valence-corrected chi connectivity index (χ1v) is 6.60. The largest absolute Gasteiger partial charge is 0.479 e. The van der Waals surface area contributed by atoms with E-state index in [0.717, 1.165) is 12.8 Å². The van der Waals surface area contributed by atoms with Crippen molar-refractivity contribution in [2.24, 2.45) is 7.05 Å². The van der Waals surface area contributed by atoms with E-state index in [2.05, 4.69) is 22.5 Å². The number of aryl methyl sites for hydroxylation is 2. The van der Waals surface area contributed by atoms with Crippen LogP contribution in [0, 0.1) is 0 Å². The molecule has 5 heteroatoms. The summed E-state index contributed by atoms with van der Waals surface area (Å²) >= 11 is 0. The van der Waals surface area contributed by atoms with Gasteiger partial charge < -0.3 is 10.1 Å². The quantitative estimate of drug-likeness (QED) is 0.816. The van der Waals surface area contributed by atoms with Crippen molar-refractivity contribution >= 4 is 5.91 Å². The van der Waals surface area contributed by atoms with E-state index in [4.69, 9.17) is 4.74 Å². The van der Waals surface area contributed by atoms with Crippen LogP contribution in [0.3, 0.4) is 0 Å². The number of rotatable bonds is 6. The number of carbonyl (C=O) groups excluding carboxylic acids is 1. The lowest BCUT2D eigenvalue weighted by Crippen LogP contribution is -2.24. The zero-order valence-electron chi connectivity index (χ0n) is 11.8. The molecule has 2 rings (SSSR count). The van der Waals surface area contributed by atoms with Crippen molar-refractivity contribution in [3.8, 4) is 5.88 Å². The molecule has 1 aromatic heterocycles. The van der Waals surface area contributed by atoms with Gasteiger partial charge in [0.15, 0.2) is 0 Å². The van der Waals surface area contributed by atoms with Gasteiger partial charge in [-0.05, 0) is 18.4 Å². The topological polar surface area (TPSA) is 56.2 Å². The molecule has 5 nitrogen and oxygen atoms in total. The Hall–Kier alpha value is -2.30. The molecule has 0 saturated carbocycles. The molecule has 0 unspecified atom stereocenters. The Bertz CT molecular complexity index is 564. The molecule has 1 N–H and O–H groups in total. The van der Waals surface area contributed by atoms with Gasteiger partial charge in [-0.3, -0.25) is 9.48 Å². The first-order valence-electron chi connectivity index (χ1n) is 6.60. The molecule has 0 aliphatic rings. The van der Waals surface area contributed by atoms with E-state index in [1.807, 2.05) is 18.2 Å². The molecule has 1 amide bonds. The molecule has 0 saturated heterocycles. The maximum atomic E-state index is 12.0. The molecule has 1 heterocycles. The molecule has 106 valence electrons. The second-order valence-corrected chi connectivity index (χ2v) is 4.57. The highest BCUT2D eigenvalue weighted by atomic mass is 16.5. The highest BCUT2D eigenvalue weighted by Crippen LogP contribution is 2.14. The summed E-state index contributed by atoms with van der Waals surface area (Å²) in [4.78, 5) is 12.0. The van der Waals surface area contributed by atoms with Crippen molar-refractivity contribution < 1.29 is 9.53 Å². The highest BCUT2D eigenvalue weighted by Gasteiger charge is 2.15. The second kappa shape index (κ2) is 6.75. The monoisotopic (exact) mass is 273 g/mol. The highest BCUT2D eigenvalue weighted by molar-refractivity contribution is 5.96. The summed E-state index contributed by atoms with van der Waals surface area (Å²) in [6.07, 6.45) is 3.51. The summed E-state index contributed by atoms with van der Waals surface area (Å²) in [5.74, 6) is 0.205. The van der Waals surface area contributed by atoms with Crippen LogP contribution in [0.15, 0.2) is 36.5 Å². The Morgan fingerprint density at radius 3 is 2.80 bits per heavy atom. The number of benzene rings is 1. The van der Waals surface area contributed by atoms with Gasteiger partial charge in [-0.2, -0.15) is 0 Å². The maximum Gasteiger partial charge on any atom is 0.258 e. The van der Waals surface area contributed by atoms with Crippen LogP contribution >= 0.6 is 0 Å². The van der Waals surface area contributed by atoms with Crippen molar-refractivity contribution in [2.75, 3.05) is 13.7 Å². The Morgan fingerprint density at radius 2 is 2.10 bits per heavy atom. The molecular weight excluding hydrogens is 254 g/mol. The van der Waals surface area contributed by atoms with E-state index in [1.54, 1.807) is 17.9 Å². The van der Waals surface area contributed by atoms with Gasteiger partial charge >= 0.3 is 0 Å². The fourth-order valence-electron chi connectivity index (χ4n) is 2.01. The minimum absolute atomic E-state index is 0.150. The van der Waals surface area contributed by atoms with Gasteiger partial charge in [0, 0.05) is 19.8 Å². The molecule has 0 aliphatic heterocycles. The molecule has 0 fully saturated rings. The molecule has 0 atom stereocenters. The van der Waals surface area contributed by atoms with E-state index < -0.39 is 0 Å². The number of hydrogen-bond donors (Lipinski definition) is 1. The lowest BCUT2D eigenvalue weighted by atomic mass is 10.1. The van der Waals surface area contributed by atoms with E-state index in [0.29, 0.717) is 18.0 Å². The molecule has 1 aromatic carbocycles. The molecule has 0 aliphatic carbocycles. The SMILES string of the molecule is COc1nn(C)cc1C(=O)NCCCc1ccccc1. The van der Waals surface area contributed by atoms with Gasteiger partial charge in [-0.1, -0.05) is 30.3 Å². The second-order valence-electron chi connectivity index (χ2n) is 4.57. The summed E-state index contributed by atoms with van der Waals surface area (Å²) in [6, 6.07) is 10.2. The number of amides is 1. The van der Waals surface area contributed by atoms with Crippen molar-refractivity contribution in [3.05, 3.63) is 47.7 Å². The lowest BCUT2D eigenvalue weighted by molar-refractivity contribution is 0.0950. The number of carbonyl (C=O) groups is 1. The predicted molar refractivity (Wildman–Crippen MR) is 76.9 cm³/mol. The van der Waals surface area contributed by atoms with Crippen LogP contribution in [0.4, 0.5) is 0 Å². The van der Waals surface area contributed by atoms with Crippen LogP contribution in [0.25, 0.3) is 0 Å². The third kappa shape index (κ3) is 3.60. The van der Waals surface area contributed by atoms with Crippen LogP contribution in [0.5, 0.6) is 5.88 Å². The summed E-state index contributed by atoms with van der Waals surface area (Å²) in [5.41, 5.74) is 1.75. The summed E-state index contributed by atoms with van der Waals surface area (Å²) in [5, 5.41) is 6.94. The molecule has 0 bridgehead atoms. The molecular formula is C15H19N3O2. The third-order valence-electron chi connectivity index (χ3n) is 3.00. The van der Waals surface area contributed by atoms with Gasteiger partial charge in [0.05, 0.1) is 7.11 Å². The summed E-state index contributed by atoms with van der Waals surface area (Å²) < 4.78 is 6.64. The average Bonchev–Trinajstić information content (AvgIpc) is 2.86.